The van der Waals surface area contributed by atoms with E-state index in [2.05, 4.69) is 15.2 Å². The molecule has 2 N–H and O–H groups in total. The average Bonchev–Trinajstić information content (AvgIpc) is 3.46. The lowest BCUT2D eigenvalue weighted by molar-refractivity contribution is 0.0965. The molecule has 2 aliphatic heterocycles. The zero-order valence-electron chi connectivity index (χ0n) is 17.7. The first-order valence-corrected chi connectivity index (χ1v) is 11.0. The first-order valence-electron chi connectivity index (χ1n) is 11.0. The van der Waals surface area contributed by atoms with Crippen molar-refractivity contribution in [3.63, 3.8) is 0 Å². The molecule has 0 saturated carbocycles. The summed E-state index contributed by atoms with van der Waals surface area (Å²) in [5, 5.41) is 7.00. The van der Waals surface area contributed by atoms with Gasteiger partial charge in [0.05, 0.1) is 11.4 Å². The lowest BCUT2D eigenvalue weighted by Crippen LogP contribution is -2.25. The van der Waals surface area contributed by atoms with Crippen molar-refractivity contribution in [2.45, 2.75) is 25.9 Å². The third kappa shape index (κ3) is 3.38. The summed E-state index contributed by atoms with van der Waals surface area (Å²) in [5.74, 6) is 0.711. The average molecular weight is 445 g/mol. The number of amides is 1. The van der Waals surface area contributed by atoms with Gasteiger partial charge >= 0.3 is 0 Å². The number of hydrogen-bond acceptors (Lipinski definition) is 3. The van der Waals surface area contributed by atoms with Crippen LogP contribution in [0.1, 0.15) is 34.0 Å². The van der Waals surface area contributed by atoms with Gasteiger partial charge in [0.15, 0.2) is 5.82 Å². The Bertz CT molecular complexity index is 1450. The summed E-state index contributed by atoms with van der Waals surface area (Å²) in [4.78, 5) is 18.1. The third-order valence-corrected chi connectivity index (χ3v) is 6.22. The molecule has 0 unspecified atom stereocenters. The Morgan fingerprint density at radius 2 is 2.00 bits per heavy atom. The molecule has 2 aromatic carbocycles. The summed E-state index contributed by atoms with van der Waals surface area (Å²) >= 11 is 0. The molecular formula is C25H21F2N5O. The van der Waals surface area contributed by atoms with Gasteiger partial charge in [-0.05, 0) is 60.9 Å². The number of halogens is 2. The second-order valence-electron chi connectivity index (χ2n) is 8.39. The normalized spacial score (nSPS) is 14.5. The van der Waals surface area contributed by atoms with Gasteiger partial charge < -0.3 is 19.8 Å². The van der Waals surface area contributed by atoms with Crippen molar-refractivity contribution in [2.75, 3.05) is 11.9 Å². The van der Waals surface area contributed by atoms with E-state index in [0.717, 1.165) is 36.7 Å². The highest BCUT2D eigenvalue weighted by Gasteiger charge is 2.27. The maximum absolute atomic E-state index is 13.9. The number of nitrogens with zero attached hydrogens (tertiary/aromatic N) is 3. The number of nitrogens with one attached hydrogen (secondary N) is 2. The molecule has 0 aliphatic carbocycles. The van der Waals surface area contributed by atoms with Crippen molar-refractivity contribution in [3.05, 3.63) is 89.0 Å². The zero-order valence-corrected chi connectivity index (χ0v) is 17.7. The molecule has 0 saturated heterocycles. The Morgan fingerprint density at radius 1 is 1.12 bits per heavy atom. The predicted octanol–water partition coefficient (Wildman–Crippen LogP) is 4.31. The van der Waals surface area contributed by atoms with Crippen molar-refractivity contribution in [1.29, 1.82) is 0 Å². The highest BCUT2D eigenvalue weighted by molar-refractivity contribution is 6.02. The largest absolute Gasteiger partial charge is 0.370 e. The van der Waals surface area contributed by atoms with Crippen molar-refractivity contribution in [3.8, 4) is 0 Å². The van der Waals surface area contributed by atoms with Crippen molar-refractivity contribution in [1.82, 2.24) is 19.4 Å². The number of benzene rings is 2. The first-order chi connectivity index (χ1) is 16.1. The van der Waals surface area contributed by atoms with Gasteiger partial charge in [0, 0.05) is 30.5 Å². The molecule has 0 atom stereocenters. The molecule has 6 rings (SSSR count). The number of carbonyl (C=O) groups excluding carboxylic acids is 1. The SMILES string of the molecule is O=C(NC1=CCn2c1nc1c2NCCC1)c1cc2cc(F)ccc2n1Cc1cccc(F)c1. The van der Waals surface area contributed by atoms with E-state index in [9.17, 15) is 13.6 Å². The maximum atomic E-state index is 13.9. The number of aryl methyl sites for hydroxylation is 1. The van der Waals surface area contributed by atoms with E-state index in [1.165, 1.54) is 24.3 Å². The van der Waals surface area contributed by atoms with Gasteiger partial charge in [0.1, 0.15) is 23.1 Å². The number of hydrogen-bond donors (Lipinski definition) is 2. The molecule has 0 fully saturated rings. The minimum atomic E-state index is -0.379. The predicted molar refractivity (Wildman–Crippen MR) is 122 cm³/mol. The van der Waals surface area contributed by atoms with Crippen LogP contribution in [0.25, 0.3) is 16.6 Å². The van der Waals surface area contributed by atoms with Gasteiger partial charge in [-0.25, -0.2) is 13.8 Å². The molecule has 4 aromatic rings. The Balaban J connectivity index is 1.36. The summed E-state index contributed by atoms with van der Waals surface area (Å²) in [7, 11) is 0. The van der Waals surface area contributed by atoms with E-state index in [-0.39, 0.29) is 24.1 Å². The summed E-state index contributed by atoms with van der Waals surface area (Å²) in [6.07, 6.45) is 3.89. The van der Waals surface area contributed by atoms with E-state index in [0.29, 0.717) is 34.4 Å². The van der Waals surface area contributed by atoms with Gasteiger partial charge in [0.25, 0.3) is 5.91 Å². The van der Waals surface area contributed by atoms with E-state index < -0.39 is 0 Å². The summed E-state index contributed by atoms with van der Waals surface area (Å²) in [5.41, 5.74) is 3.46. The Kier molecular flexibility index (Phi) is 4.53. The van der Waals surface area contributed by atoms with Crippen LogP contribution in [0.5, 0.6) is 0 Å². The fourth-order valence-electron chi connectivity index (χ4n) is 4.71. The Hall–Kier alpha value is -3.94. The molecule has 2 aromatic heterocycles. The molecule has 2 aliphatic rings. The number of allylic oxidation sites excluding steroid dienone is 1. The number of carbonyl (C=O) groups is 1. The first kappa shape index (κ1) is 19.7. The Labute approximate surface area is 188 Å². The van der Waals surface area contributed by atoms with Gasteiger partial charge in [0.2, 0.25) is 0 Å². The van der Waals surface area contributed by atoms with Crippen molar-refractivity contribution in [2.24, 2.45) is 0 Å². The van der Waals surface area contributed by atoms with Crippen LogP contribution in [0.3, 0.4) is 0 Å². The smallest absolute Gasteiger partial charge is 0.272 e. The van der Waals surface area contributed by atoms with Crippen LogP contribution in [-0.4, -0.2) is 26.6 Å². The lowest BCUT2D eigenvalue weighted by atomic mass is 10.2. The van der Waals surface area contributed by atoms with Crippen LogP contribution in [0.2, 0.25) is 0 Å². The molecule has 33 heavy (non-hydrogen) atoms. The summed E-state index contributed by atoms with van der Waals surface area (Å²) < 4.78 is 31.5. The lowest BCUT2D eigenvalue weighted by Gasteiger charge is -2.14. The van der Waals surface area contributed by atoms with E-state index in [1.807, 2.05) is 6.08 Å². The van der Waals surface area contributed by atoms with Crippen LogP contribution in [-0.2, 0) is 19.5 Å². The monoisotopic (exact) mass is 445 g/mol. The number of rotatable bonds is 4. The van der Waals surface area contributed by atoms with Crippen LogP contribution in [0, 0.1) is 11.6 Å². The van der Waals surface area contributed by atoms with Crippen molar-refractivity contribution >= 4 is 28.3 Å². The summed E-state index contributed by atoms with van der Waals surface area (Å²) in [6, 6.07) is 12.3. The minimum Gasteiger partial charge on any atom is -0.370 e. The second kappa shape index (κ2) is 7.58. The van der Waals surface area contributed by atoms with Gasteiger partial charge in [-0.2, -0.15) is 0 Å². The molecule has 1 amide bonds. The van der Waals surface area contributed by atoms with E-state index in [1.54, 1.807) is 28.8 Å². The third-order valence-electron chi connectivity index (χ3n) is 6.22. The quantitative estimate of drug-likeness (QED) is 0.492. The minimum absolute atomic E-state index is 0.279. The molecule has 8 heteroatoms. The van der Waals surface area contributed by atoms with Crippen LogP contribution in [0.4, 0.5) is 14.6 Å². The van der Waals surface area contributed by atoms with E-state index in [4.69, 9.17) is 4.98 Å². The van der Waals surface area contributed by atoms with Gasteiger partial charge in [-0.3, -0.25) is 4.79 Å². The van der Waals surface area contributed by atoms with E-state index >= 15 is 0 Å². The van der Waals surface area contributed by atoms with Crippen molar-refractivity contribution < 1.29 is 13.6 Å². The topological polar surface area (TPSA) is 63.9 Å². The molecule has 0 spiro atoms. The highest BCUT2D eigenvalue weighted by Crippen LogP contribution is 2.30. The number of anilines is 1. The van der Waals surface area contributed by atoms with Crippen LogP contribution in [0.15, 0.2) is 54.6 Å². The summed E-state index contributed by atoms with van der Waals surface area (Å²) in [6.45, 7) is 1.83. The molecule has 0 radical (unpaired) electrons. The highest BCUT2D eigenvalue weighted by atomic mass is 19.1. The van der Waals surface area contributed by atoms with Crippen LogP contribution >= 0.6 is 0 Å². The van der Waals surface area contributed by atoms with Crippen LogP contribution < -0.4 is 10.6 Å². The maximum Gasteiger partial charge on any atom is 0.272 e. The molecule has 166 valence electrons. The van der Waals surface area contributed by atoms with Gasteiger partial charge in [-0.1, -0.05) is 12.1 Å². The number of aromatic nitrogens is 3. The second-order valence-corrected chi connectivity index (χ2v) is 8.39. The molecule has 4 heterocycles. The fourth-order valence-corrected chi connectivity index (χ4v) is 4.71. The Morgan fingerprint density at radius 3 is 2.88 bits per heavy atom. The van der Waals surface area contributed by atoms with Gasteiger partial charge in [-0.15, -0.1) is 0 Å². The zero-order chi connectivity index (χ0) is 22.5. The molecular weight excluding hydrogens is 424 g/mol. The fraction of sp³-hybridized carbons (Fsp3) is 0.200. The number of imidazole rings is 1. The molecule has 6 nitrogen and oxygen atoms in total. The standard InChI is InChI=1S/C25H21F2N5O/c26-17-4-1-3-15(11-17)14-32-21-7-6-18(27)12-16(21)13-22(32)25(33)30-20-8-10-31-23-19(29-24(20)31)5-2-9-28-23/h1,3-4,6-8,11-13,28H,2,5,9-10,14H2,(H,30,33). The molecule has 0 bridgehead atoms. The number of fused-ring (bicyclic) bond motifs is 4.